The molecule has 128 valence electrons. The van der Waals surface area contributed by atoms with Crippen LogP contribution in [-0.2, 0) is 10.2 Å². The molecule has 1 aromatic rings. The Labute approximate surface area is 156 Å². The van der Waals surface area contributed by atoms with E-state index in [9.17, 15) is 0 Å². The van der Waals surface area contributed by atoms with Crippen LogP contribution in [0.5, 0.6) is 0 Å². The first-order valence-corrected chi connectivity index (χ1v) is 8.30. The van der Waals surface area contributed by atoms with Crippen molar-refractivity contribution >= 4 is 41.3 Å². The molecule has 0 aliphatic carbocycles. The maximum atomic E-state index is 5.41. The second kappa shape index (κ2) is 9.72. The highest BCUT2D eigenvalue weighted by Crippen LogP contribution is 2.26. The van der Waals surface area contributed by atoms with Gasteiger partial charge in [-0.2, -0.15) is 0 Å². The summed E-state index contributed by atoms with van der Waals surface area (Å²) in [5.74, 6) is 0.840. The van der Waals surface area contributed by atoms with E-state index in [1.807, 2.05) is 13.8 Å². The summed E-state index contributed by atoms with van der Waals surface area (Å²) in [4.78, 5) is 5.99. The van der Waals surface area contributed by atoms with Gasteiger partial charge in [-0.1, -0.05) is 19.9 Å². The number of nitrogens with zero attached hydrogens (tertiary/aromatic N) is 1. The largest absolute Gasteiger partial charge is 0.377 e. The first kappa shape index (κ1) is 21.7. The van der Waals surface area contributed by atoms with Crippen molar-refractivity contribution in [3.05, 3.63) is 22.4 Å². The molecule has 0 atom stereocenters. The fraction of sp³-hybridized carbons (Fsp3) is 0.688. The van der Waals surface area contributed by atoms with Crippen LogP contribution in [0.15, 0.2) is 22.5 Å². The van der Waals surface area contributed by atoms with Crippen molar-refractivity contribution in [3.8, 4) is 0 Å². The molecule has 0 unspecified atom stereocenters. The number of nitrogens with one attached hydrogen (secondary N) is 2. The monoisotopic (exact) mass is 439 g/mol. The van der Waals surface area contributed by atoms with Gasteiger partial charge in [0.25, 0.3) is 0 Å². The van der Waals surface area contributed by atoms with Gasteiger partial charge in [0.05, 0.1) is 12.1 Å². The minimum Gasteiger partial charge on any atom is -0.377 e. The van der Waals surface area contributed by atoms with Gasteiger partial charge >= 0.3 is 0 Å². The van der Waals surface area contributed by atoms with Crippen LogP contribution in [0.25, 0.3) is 0 Å². The van der Waals surface area contributed by atoms with Crippen LogP contribution in [0.3, 0.4) is 0 Å². The van der Waals surface area contributed by atoms with E-state index in [0.717, 1.165) is 19.0 Å². The van der Waals surface area contributed by atoms with Crippen molar-refractivity contribution in [3.63, 3.8) is 0 Å². The van der Waals surface area contributed by atoms with Crippen LogP contribution in [0.2, 0.25) is 0 Å². The Balaban J connectivity index is 0.00000441. The molecule has 0 saturated carbocycles. The zero-order valence-corrected chi connectivity index (χ0v) is 17.7. The number of hydrogen-bond donors (Lipinski definition) is 2. The summed E-state index contributed by atoms with van der Waals surface area (Å²) in [7, 11) is 1.72. The van der Waals surface area contributed by atoms with Crippen molar-refractivity contribution < 1.29 is 4.74 Å². The molecular weight excluding hydrogens is 409 g/mol. The molecule has 6 heteroatoms. The second-order valence-electron chi connectivity index (χ2n) is 6.37. The lowest BCUT2D eigenvalue weighted by molar-refractivity contribution is 0.0310. The number of methoxy groups -OCH3 is 1. The minimum absolute atomic E-state index is 0. The fourth-order valence-corrected chi connectivity index (χ4v) is 2.58. The van der Waals surface area contributed by atoms with E-state index in [2.05, 4.69) is 53.9 Å². The van der Waals surface area contributed by atoms with Gasteiger partial charge in [0.15, 0.2) is 5.96 Å². The molecule has 0 aliphatic rings. The molecule has 0 fully saturated rings. The van der Waals surface area contributed by atoms with Crippen LogP contribution >= 0.6 is 35.3 Å². The molecule has 0 radical (unpaired) electrons. The normalized spacial score (nSPS) is 12.7. The molecule has 4 nitrogen and oxygen atoms in total. The van der Waals surface area contributed by atoms with Gasteiger partial charge in [-0.15, -0.1) is 35.3 Å². The Morgan fingerprint density at radius 3 is 2.45 bits per heavy atom. The Hall–Kier alpha value is -0.340. The van der Waals surface area contributed by atoms with Gasteiger partial charge in [0, 0.05) is 30.5 Å². The zero-order valence-electron chi connectivity index (χ0n) is 14.5. The van der Waals surface area contributed by atoms with E-state index in [0.29, 0.717) is 6.54 Å². The van der Waals surface area contributed by atoms with Gasteiger partial charge in [-0.3, -0.25) is 4.99 Å². The van der Waals surface area contributed by atoms with E-state index >= 15 is 0 Å². The van der Waals surface area contributed by atoms with Crippen molar-refractivity contribution in [2.45, 2.75) is 45.6 Å². The Morgan fingerprint density at radius 2 is 1.95 bits per heavy atom. The molecule has 0 aromatic carbocycles. The summed E-state index contributed by atoms with van der Waals surface area (Å²) in [5, 5.41) is 8.84. The number of thiophene rings is 1. The van der Waals surface area contributed by atoms with Crippen molar-refractivity contribution in [2.24, 2.45) is 4.99 Å². The van der Waals surface area contributed by atoms with Crippen LogP contribution < -0.4 is 10.6 Å². The molecule has 1 aromatic heterocycles. The van der Waals surface area contributed by atoms with Gasteiger partial charge < -0.3 is 15.4 Å². The summed E-state index contributed by atoms with van der Waals surface area (Å²) in [6.45, 7) is 12.9. The van der Waals surface area contributed by atoms with Gasteiger partial charge in [0.2, 0.25) is 0 Å². The molecule has 0 bridgehead atoms. The molecule has 0 aliphatic heterocycles. The summed E-state index contributed by atoms with van der Waals surface area (Å²) in [5.41, 5.74) is -0.160. The Kier molecular flexibility index (Phi) is 9.57. The number of hydrogen-bond acceptors (Lipinski definition) is 3. The molecular formula is C16H30IN3OS. The number of aliphatic imine (C=N–C) groups is 1. The number of ether oxygens (including phenoxy) is 1. The van der Waals surface area contributed by atoms with Gasteiger partial charge in [0.1, 0.15) is 0 Å². The van der Waals surface area contributed by atoms with E-state index in [-0.39, 0.29) is 35.0 Å². The summed E-state index contributed by atoms with van der Waals surface area (Å²) in [6, 6.07) is 4.28. The van der Waals surface area contributed by atoms with E-state index < -0.39 is 0 Å². The first-order chi connectivity index (χ1) is 9.80. The zero-order chi connectivity index (χ0) is 15.9. The highest BCUT2D eigenvalue weighted by atomic mass is 127. The average Bonchev–Trinajstić information content (AvgIpc) is 2.97. The molecule has 1 heterocycles. The molecule has 22 heavy (non-hydrogen) atoms. The predicted molar refractivity (Wildman–Crippen MR) is 108 cm³/mol. The topological polar surface area (TPSA) is 45.7 Å². The highest BCUT2D eigenvalue weighted by molar-refractivity contribution is 14.0. The molecule has 0 spiro atoms. The highest BCUT2D eigenvalue weighted by Gasteiger charge is 2.22. The van der Waals surface area contributed by atoms with E-state index in [1.54, 1.807) is 18.4 Å². The smallest absolute Gasteiger partial charge is 0.191 e. The summed E-state index contributed by atoms with van der Waals surface area (Å²) < 4.78 is 5.41. The maximum Gasteiger partial charge on any atom is 0.191 e. The standard InChI is InChI=1S/C16H29N3OS.HI/c1-7-17-14(19-12-16(4,5)20-6)18-11-15(2,3)13-9-8-10-21-13;/h8-10H,7,11-12H2,1-6H3,(H2,17,18,19);1H. The van der Waals surface area contributed by atoms with E-state index in [1.165, 1.54) is 4.88 Å². The Bertz CT molecular complexity index is 444. The number of rotatable bonds is 7. The lowest BCUT2D eigenvalue weighted by Crippen LogP contribution is -2.44. The quantitative estimate of drug-likeness (QED) is 0.388. The third kappa shape index (κ3) is 7.28. The molecule has 0 amide bonds. The van der Waals surface area contributed by atoms with Crippen LogP contribution in [0.4, 0.5) is 0 Å². The lowest BCUT2D eigenvalue weighted by atomic mass is 9.91. The van der Waals surface area contributed by atoms with Crippen molar-refractivity contribution in [1.82, 2.24) is 10.6 Å². The average molecular weight is 439 g/mol. The van der Waals surface area contributed by atoms with Crippen LogP contribution in [0.1, 0.15) is 39.5 Å². The maximum absolute atomic E-state index is 5.41. The summed E-state index contributed by atoms with van der Waals surface area (Å²) in [6.07, 6.45) is 0. The second-order valence-corrected chi connectivity index (χ2v) is 7.32. The van der Waals surface area contributed by atoms with Crippen molar-refractivity contribution in [1.29, 1.82) is 0 Å². The summed E-state index contributed by atoms with van der Waals surface area (Å²) >= 11 is 1.80. The van der Waals surface area contributed by atoms with Gasteiger partial charge in [-0.25, -0.2) is 0 Å². The van der Waals surface area contributed by atoms with Gasteiger partial charge in [-0.05, 0) is 32.2 Å². The van der Waals surface area contributed by atoms with Crippen molar-refractivity contribution in [2.75, 3.05) is 26.7 Å². The lowest BCUT2D eigenvalue weighted by Gasteiger charge is -2.26. The Morgan fingerprint density at radius 1 is 1.27 bits per heavy atom. The fourth-order valence-electron chi connectivity index (χ4n) is 1.73. The molecule has 2 N–H and O–H groups in total. The van der Waals surface area contributed by atoms with E-state index in [4.69, 9.17) is 4.74 Å². The third-order valence-electron chi connectivity index (χ3n) is 3.40. The third-order valence-corrected chi connectivity index (χ3v) is 4.64. The number of halogens is 1. The first-order valence-electron chi connectivity index (χ1n) is 7.42. The molecule has 0 saturated heterocycles. The SMILES string of the molecule is CCNC(=NCC(C)(C)OC)NCC(C)(C)c1cccs1.I. The van der Waals surface area contributed by atoms with Crippen LogP contribution in [0, 0.1) is 0 Å². The predicted octanol–water partition coefficient (Wildman–Crippen LogP) is 3.62. The number of guanidine groups is 1. The molecule has 1 rings (SSSR count). The van der Waals surface area contributed by atoms with Crippen LogP contribution in [-0.4, -0.2) is 38.3 Å². The minimum atomic E-state index is -0.244.